The zero-order chi connectivity index (χ0) is 13.5. The number of hydrogen-bond acceptors (Lipinski definition) is 4. The molecule has 0 saturated carbocycles. The van der Waals surface area contributed by atoms with Crippen molar-refractivity contribution < 1.29 is 19.0 Å². The van der Waals surface area contributed by atoms with E-state index in [9.17, 15) is 4.79 Å². The highest BCUT2D eigenvalue weighted by Gasteiger charge is 2.15. The van der Waals surface area contributed by atoms with Gasteiger partial charge in [0.15, 0.2) is 11.5 Å². The average Bonchev–Trinajstić information content (AvgIpc) is 2.47. The summed E-state index contributed by atoms with van der Waals surface area (Å²) in [7, 11) is 0. The second-order valence-electron chi connectivity index (χ2n) is 4.56. The predicted octanol–water partition coefficient (Wildman–Crippen LogP) is 2.85. The molecule has 1 aliphatic heterocycles. The van der Waals surface area contributed by atoms with Crippen LogP contribution in [0.25, 0.3) is 0 Å². The van der Waals surface area contributed by atoms with Gasteiger partial charge in [0, 0.05) is 12.2 Å². The molecule has 1 aromatic carbocycles. The summed E-state index contributed by atoms with van der Waals surface area (Å²) in [5.74, 6) is 1.28. The van der Waals surface area contributed by atoms with Gasteiger partial charge in [-0.25, -0.2) is 0 Å². The molecule has 0 N–H and O–H groups in total. The maximum absolute atomic E-state index is 10.8. The first-order valence-electron chi connectivity index (χ1n) is 6.80. The van der Waals surface area contributed by atoms with Crippen molar-refractivity contribution in [1.82, 2.24) is 0 Å². The van der Waals surface area contributed by atoms with Crippen molar-refractivity contribution in [3.8, 4) is 11.5 Å². The molecule has 1 fully saturated rings. The molecule has 1 aromatic rings. The molecule has 0 aliphatic carbocycles. The van der Waals surface area contributed by atoms with Gasteiger partial charge in [0.25, 0.3) is 0 Å². The highest BCUT2D eigenvalue weighted by atomic mass is 16.5. The molecular weight excluding hydrogens is 244 g/mol. The Morgan fingerprint density at radius 1 is 1.32 bits per heavy atom. The molecular formula is C15H20O4. The van der Waals surface area contributed by atoms with Gasteiger partial charge in [0.1, 0.15) is 12.9 Å². The minimum Gasteiger partial charge on any atom is -0.490 e. The van der Waals surface area contributed by atoms with Crippen LogP contribution in [0.15, 0.2) is 18.2 Å². The molecule has 0 bridgehead atoms. The second-order valence-corrected chi connectivity index (χ2v) is 4.56. The first-order valence-corrected chi connectivity index (χ1v) is 6.80. The quantitative estimate of drug-likeness (QED) is 0.741. The Hall–Kier alpha value is -1.55. The summed E-state index contributed by atoms with van der Waals surface area (Å²) >= 11 is 0. The Bertz CT molecular complexity index is 411. The first kappa shape index (κ1) is 13.9. The van der Waals surface area contributed by atoms with Gasteiger partial charge < -0.3 is 14.2 Å². The van der Waals surface area contributed by atoms with Gasteiger partial charge >= 0.3 is 0 Å². The molecule has 2 rings (SSSR count). The molecule has 4 nitrogen and oxygen atoms in total. The van der Waals surface area contributed by atoms with Crippen LogP contribution in [0, 0.1) is 0 Å². The van der Waals surface area contributed by atoms with Gasteiger partial charge in [-0.1, -0.05) is 0 Å². The molecule has 19 heavy (non-hydrogen) atoms. The highest BCUT2D eigenvalue weighted by Crippen LogP contribution is 2.28. The van der Waals surface area contributed by atoms with Crippen LogP contribution in [0.5, 0.6) is 11.5 Å². The Balaban J connectivity index is 1.99. The standard InChI is InChI=1S/C15H20O4/c1-2-17-15-9-12(10-16)6-7-14(15)19-11-13-5-3-4-8-18-13/h6-7,9-10,13H,2-5,8,11H2,1H3. The lowest BCUT2D eigenvalue weighted by Crippen LogP contribution is -2.25. The van der Waals surface area contributed by atoms with Crippen LogP contribution in [0.1, 0.15) is 36.5 Å². The number of hydrogen-bond donors (Lipinski definition) is 0. The number of aldehydes is 1. The summed E-state index contributed by atoms with van der Waals surface area (Å²) in [6.07, 6.45) is 4.33. The third-order valence-electron chi connectivity index (χ3n) is 3.10. The van der Waals surface area contributed by atoms with Crippen molar-refractivity contribution in [1.29, 1.82) is 0 Å². The van der Waals surface area contributed by atoms with Crippen molar-refractivity contribution >= 4 is 6.29 Å². The third kappa shape index (κ3) is 3.96. The summed E-state index contributed by atoms with van der Waals surface area (Å²) in [6.45, 7) is 3.79. The van der Waals surface area contributed by atoms with E-state index in [-0.39, 0.29) is 6.10 Å². The molecule has 104 valence electrons. The molecule has 1 unspecified atom stereocenters. The summed E-state index contributed by atoms with van der Waals surface area (Å²) in [5.41, 5.74) is 0.588. The van der Waals surface area contributed by atoms with E-state index in [1.807, 2.05) is 6.92 Å². The van der Waals surface area contributed by atoms with Crippen molar-refractivity contribution in [2.45, 2.75) is 32.3 Å². The normalized spacial score (nSPS) is 18.9. The van der Waals surface area contributed by atoms with E-state index in [0.29, 0.717) is 30.3 Å². The third-order valence-corrected chi connectivity index (χ3v) is 3.10. The number of carbonyl (C=O) groups is 1. The number of ether oxygens (including phenoxy) is 3. The number of carbonyl (C=O) groups excluding carboxylic acids is 1. The second kappa shape index (κ2) is 7.14. The van der Waals surface area contributed by atoms with Gasteiger partial charge in [-0.15, -0.1) is 0 Å². The van der Waals surface area contributed by atoms with Gasteiger partial charge in [-0.2, -0.15) is 0 Å². The minimum atomic E-state index is 0.161. The van der Waals surface area contributed by atoms with Crippen LogP contribution in [-0.2, 0) is 4.74 Å². The topological polar surface area (TPSA) is 44.8 Å². The maximum atomic E-state index is 10.8. The zero-order valence-electron chi connectivity index (χ0n) is 11.3. The molecule has 4 heteroatoms. The van der Waals surface area contributed by atoms with Crippen molar-refractivity contribution in [2.75, 3.05) is 19.8 Å². The SMILES string of the molecule is CCOc1cc(C=O)ccc1OCC1CCCCO1. The lowest BCUT2D eigenvalue weighted by Gasteiger charge is -2.23. The van der Waals surface area contributed by atoms with E-state index in [0.717, 1.165) is 25.7 Å². The van der Waals surface area contributed by atoms with Gasteiger partial charge in [-0.05, 0) is 44.4 Å². The van der Waals surface area contributed by atoms with Crippen LogP contribution in [0.3, 0.4) is 0 Å². The average molecular weight is 264 g/mol. The van der Waals surface area contributed by atoms with Crippen LogP contribution in [-0.4, -0.2) is 32.2 Å². The van der Waals surface area contributed by atoms with Gasteiger partial charge in [0.2, 0.25) is 0 Å². The lowest BCUT2D eigenvalue weighted by molar-refractivity contribution is -0.0115. The fraction of sp³-hybridized carbons (Fsp3) is 0.533. The Labute approximate surface area is 113 Å². The molecule has 1 aliphatic rings. The van der Waals surface area contributed by atoms with Crippen molar-refractivity contribution in [3.63, 3.8) is 0 Å². The summed E-state index contributed by atoms with van der Waals surface area (Å²) in [4.78, 5) is 10.8. The van der Waals surface area contributed by atoms with E-state index >= 15 is 0 Å². The predicted molar refractivity (Wildman–Crippen MR) is 72.1 cm³/mol. The monoisotopic (exact) mass is 264 g/mol. The molecule has 0 aromatic heterocycles. The Kier molecular flexibility index (Phi) is 5.21. The summed E-state index contributed by atoms with van der Waals surface area (Å²) in [5, 5.41) is 0. The highest BCUT2D eigenvalue weighted by molar-refractivity contribution is 5.76. The van der Waals surface area contributed by atoms with Crippen LogP contribution in [0.4, 0.5) is 0 Å². The van der Waals surface area contributed by atoms with E-state index in [1.165, 1.54) is 6.42 Å². The zero-order valence-corrected chi connectivity index (χ0v) is 11.3. The van der Waals surface area contributed by atoms with Gasteiger partial charge in [0.05, 0.1) is 12.7 Å². The fourth-order valence-corrected chi connectivity index (χ4v) is 2.11. The lowest BCUT2D eigenvalue weighted by atomic mass is 10.1. The summed E-state index contributed by atoms with van der Waals surface area (Å²) in [6, 6.07) is 5.21. The van der Waals surface area contributed by atoms with E-state index in [4.69, 9.17) is 14.2 Å². The smallest absolute Gasteiger partial charge is 0.161 e. The van der Waals surface area contributed by atoms with Crippen molar-refractivity contribution in [3.05, 3.63) is 23.8 Å². The Morgan fingerprint density at radius 2 is 2.21 bits per heavy atom. The molecule has 1 saturated heterocycles. The number of benzene rings is 1. The molecule has 0 spiro atoms. The minimum absolute atomic E-state index is 0.161. The largest absolute Gasteiger partial charge is 0.490 e. The van der Waals surface area contributed by atoms with Crippen LogP contribution in [0.2, 0.25) is 0 Å². The van der Waals surface area contributed by atoms with Crippen molar-refractivity contribution in [2.24, 2.45) is 0 Å². The first-order chi connectivity index (χ1) is 9.33. The Morgan fingerprint density at radius 3 is 2.89 bits per heavy atom. The van der Waals surface area contributed by atoms with Gasteiger partial charge in [-0.3, -0.25) is 4.79 Å². The van der Waals surface area contributed by atoms with E-state index < -0.39 is 0 Å². The number of rotatable bonds is 6. The molecule has 0 radical (unpaired) electrons. The molecule has 1 atom stereocenters. The summed E-state index contributed by atoms with van der Waals surface area (Å²) < 4.78 is 16.9. The van der Waals surface area contributed by atoms with E-state index in [2.05, 4.69) is 0 Å². The van der Waals surface area contributed by atoms with Crippen LogP contribution < -0.4 is 9.47 Å². The maximum Gasteiger partial charge on any atom is 0.161 e. The van der Waals surface area contributed by atoms with Crippen LogP contribution >= 0.6 is 0 Å². The molecule has 0 amide bonds. The molecule has 1 heterocycles. The fourth-order valence-electron chi connectivity index (χ4n) is 2.11. The van der Waals surface area contributed by atoms with E-state index in [1.54, 1.807) is 18.2 Å².